The first-order chi connectivity index (χ1) is 10.2. The third-order valence-electron chi connectivity index (χ3n) is 3.85. The Morgan fingerprint density at radius 1 is 1.38 bits per heavy atom. The van der Waals surface area contributed by atoms with Crippen LogP contribution < -0.4 is 10.2 Å². The van der Waals surface area contributed by atoms with E-state index in [0.29, 0.717) is 6.61 Å². The molecule has 1 aliphatic heterocycles. The van der Waals surface area contributed by atoms with Gasteiger partial charge in [0.2, 0.25) is 0 Å². The van der Waals surface area contributed by atoms with E-state index in [1.54, 1.807) is 0 Å². The van der Waals surface area contributed by atoms with Gasteiger partial charge < -0.3 is 20.1 Å². The fourth-order valence-corrected chi connectivity index (χ4v) is 2.88. The summed E-state index contributed by atoms with van der Waals surface area (Å²) in [6, 6.07) is 6.31. The van der Waals surface area contributed by atoms with Gasteiger partial charge in [0.15, 0.2) is 0 Å². The summed E-state index contributed by atoms with van der Waals surface area (Å²) >= 11 is 6.36. The Hall–Kier alpha value is -0.810. The number of hydrogen-bond donors (Lipinski definition) is 2. The molecule has 0 bridgehead atoms. The maximum atomic E-state index is 8.79. The molecule has 0 unspecified atom stereocenters. The lowest BCUT2D eigenvalue weighted by atomic mass is 10.1. The third-order valence-corrected chi connectivity index (χ3v) is 4.21. The van der Waals surface area contributed by atoms with E-state index < -0.39 is 0 Å². The second-order valence-electron chi connectivity index (χ2n) is 5.34. The van der Waals surface area contributed by atoms with Crippen LogP contribution in [-0.2, 0) is 11.3 Å². The van der Waals surface area contributed by atoms with Gasteiger partial charge in [-0.25, -0.2) is 0 Å². The van der Waals surface area contributed by atoms with Gasteiger partial charge >= 0.3 is 0 Å². The van der Waals surface area contributed by atoms with Crippen LogP contribution in [0.1, 0.15) is 25.3 Å². The van der Waals surface area contributed by atoms with E-state index in [9.17, 15) is 0 Å². The van der Waals surface area contributed by atoms with E-state index in [1.807, 2.05) is 0 Å². The molecule has 4 nitrogen and oxygen atoms in total. The minimum absolute atomic E-state index is 0.100. The van der Waals surface area contributed by atoms with Crippen LogP contribution in [0.4, 0.5) is 5.69 Å². The first-order valence-corrected chi connectivity index (χ1v) is 8.09. The first-order valence-electron chi connectivity index (χ1n) is 7.71. The van der Waals surface area contributed by atoms with Crippen LogP contribution in [-0.4, -0.2) is 44.1 Å². The highest BCUT2D eigenvalue weighted by Crippen LogP contribution is 2.26. The summed E-state index contributed by atoms with van der Waals surface area (Å²) in [6.07, 6.45) is 2.27. The van der Waals surface area contributed by atoms with Crippen LogP contribution in [0.5, 0.6) is 0 Å². The van der Waals surface area contributed by atoms with Gasteiger partial charge in [-0.05, 0) is 37.1 Å². The van der Waals surface area contributed by atoms with Gasteiger partial charge in [-0.3, -0.25) is 0 Å². The predicted molar refractivity (Wildman–Crippen MR) is 87.1 cm³/mol. The molecule has 1 aromatic rings. The number of nitrogens with zero attached hydrogens (tertiary/aromatic N) is 1. The molecule has 1 aliphatic rings. The highest BCUT2D eigenvalue weighted by atomic mass is 35.5. The van der Waals surface area contributed by atoms with Crippen molar-refractivity contribution in [3.8, 4) is 0 Å². The van der Waals surface area contributed by atoms with Gasteiger partial charge in [-0.1, -0.05) is 24.6 Å². The molecule has 0 aromatic heterocycles. The van der Waals surface area contributed by atoms with Crippen molar-refractivity contribution in [2.24, 2.45) is 0 Å². The minimum Gasteiger partial charge on any atom is -0.394 e. The number of rotatable bonds is 7. The van der Waals surface area contributed by atoms with E-state index in [-0.39, 0.29) is 12.7 Å². The predicted octanol–water partition coefficient (Wildman–Crippen LogP) is 2.43. The van der Waals surface area contributed by atoms with Gasteiger partial charge in [-0.2, -0.15) is 0 Å². The molecule has 2 N–H and O–H groups in total. The van der Waals surface area contributed by atoms with E-state index >= 15 is 0 Å². The molecule has 5 heteroatoms. The van der Waals surface area contributed by atoms with E-state index in [2.05, 4.69) is 35.3 Å². The van der Waals surface area contributed by atoms with E-state index in [0.717, 1.165) is 49.6 Å². The molecule has 0 saturated carbocycles. The van der Waals surface area contributed by atoms with Crippen molar-refractivity contribution in [2.45, 2.75) is 32.4 Å². The highest BCUT2D eigenvalue weighted by Gasteiger charge is 2.20. The van der Waals surface area contributed by atoms with Crippen LogP contribution in [0.3, 0.4) is 0 Å². The number of anilines is 1. The van der Waals surface area contributed by atoms with Crippen molar-refractivity contribution in [2.75, 3.05) is 37.7 Å². The Balaban J connectivity index is 1.89. The summed E-state index contributed by atoms with van der Waals surface area (Å²) < 4.78 is 5.59. The highest BCUT2D eigenvalue weighted by molar-refractivity contribution is 6.31. The quantitative estimate of drug-likeness (QED) is 0.811. The minimum atomic E-state index is 0.100. The van der Waals surface area contributed by atoms with Gasteiger partial charge in [0.25, 0.3) is 0 Å². The first kappa shape index (κ1) is 16.6. The van der Waals surface area contributed by atoms with Crippen molar-refractivity contribution in [1.82, 2.24) is 5.32 Å². The number of ether oxygens (including phenoxy) is 1. The van der Waals surface area contributed by atoms with Crippen molar-refractivity contribution in [3.05, 3.63) is 28.8 Å². The zero-order chi connectivity index (χ0) is 15.1. The molecular formula is C16H25ClN2O2. The average Bonchev–Trinajstić information content (AvgIpc) is 2.52. The molecule has 21 heavy (non-hydrogen) atoms. The molecule has 1 fully saturated rings. The molecule has 118 valence electrons. The van der Waals surface area contributed by atoms with Crippen molar-refractivity contribution >= 4 is 17.3 Å². The lowest BCUT2D eigenvalue weighted by Gasteiger charge is -2.33. The van der Waals surface area contributed by atoms with Crippen molar-refractivity contribution in [1.29, 1.82) is 0 Å². The van der Waals surface area contributed by atoms with Gasteiger partial charge in [0.1, 0.15) is 0 Å². The standard InChI is InChI=1S/C16H25ClN2O2/c1-2-18-12-13-3-4-14(11-16(13)17)19-7-5-15(6-8-19)21-10-9-20/h3-4,11,15,18,20H,2,5-10,12H2,1H3. The van der Waals surface area contributed by atoms with Crippen molar-refractivity contribution < 1.29 is 9.84 Å². The molecule has 0 spiro atoms. The molecule has 0 aliphatic carbocycles. The molecule has 1 aromatic carbocycles. The molecule has 1 heterocycles. The normalized spacial score (nSPS) is 16.4. The van der Waals surface area contributed by atoms with Crippen molar-refractivity contribution in [3.63, 3.8) is 0 Å². The van der Waals surface area contributed by atoms with Gasteiger partial charge in [-0.15, -0.1) is 0 Å². The van der Waals surface area contributed by atoms with Crippen LogP contribution >= 0.6 is 11.6 Å². The second-order valence-corrected chi connectivity index (χ2v) is 5.74. The number of halogens is 1. The number of piperidine rings is 1. The molecular weight excluding hydrogens is 288 g/mol. The zero-order valence-electron chi connectivity index (χ0n) is 12.6. The number of benzene rings is 1. The molecule has 0 atom stereocenters. The topological polar surface area (TPSA) is 44.7 Å². The van der Waals surface area contributed by atoms with E-state index in [4.69, 9.17) is 21.4 Å². The number of hydrogen-bond acceptors (Lipinski definition) is 4. The Morgan fingerprint density at radius 3 is 2.76 bits per heavy atom. The largest absolute Gasteiger partial charge is 0.394 e. The Bertz CT molecular complexity index is 434. The summed E-state index contributed by atoms with van der Waals surface area (Å²) in [6.45, 7) is 6.33. The summed E-state index contributed by atoms with van der Waals surface area (Å²) in [5.41, 5.74) is 2.32. The molecule has 2 rings (SSSR count). The summed E-state index contributed by atoms with van der Waals surface area (Å²) in [4.78, 5) is 2.35. The molecule has 1 saturated heterocycles. The van der Waals surface area contributed by atoms with E-state index in [1.165, 1.54) is 5.69 Å². The molecule has 0 amide bonds. The second kappa shape index (κ2) is 8.59. The summed E-state index contributed by atoms with van der Waals surface area (Å²) in [5, 5.41) is 12.9. The van der Waals surface area contributed by atoms with Crippen LogP contribution in [0.2, 0.25) is 5.02 Å². The monoisotopic (exact) mass is 312 g/mol. The van der Waals surface area contributed by atoms with Crippen LogP contribution in [0.15, 0.2) is 18.2 Å². The zero-order valence-corrected chi connectivity index (χ0v) is 13.4. The lowest BCUT2D eigenvalue weighted by Crippen LogP contribution is -2.37. The lowest BCUT2D eigenvalue weighted by molar-refractivity contribution is 0.0159. The fraction of sp³-hybridized carbons (Fsp3) is 0.625. The van der Waals surface area contributed by atoms with Gasteiger partial charge in [0.05, 0.1) is 19.3 Å². The number of aliphatic hydroxyl groups is 1. The fourth-order valence-electron chi connectivity index (χ4n) is 2.64. The summed E-state index contributed by atoms with van der Waals surface area (Å²) in [5.74, 6) is 0. The SMILES string of the molecule is CCNCc1ccc(N2CCC(OCCO)CC2)cc1Cl. The number of nitrogens with one attached hydrogen (secondary N) is 1. The summed E-state index contributed by atoms with van der Waals surface area (Å²) in [7, 11) is 0. The maximum Gasteiger partial charge on any atom is 0.0701 e. The smallest absolute Gasteiger partial charge is 0.0701 e. The van der Waals surface area contributed by atoms with Crippen LogP contribution in [0.25, 0.3) is 0 Å². The number of aliphatic hydroxyl groups excluding tert-OH is 1. The molecule has 0 radical (unpaired) electrons. The van der Waals surface area contributed by atoms with Gasteiger partial charge in [0, 0.05) is 30.3 Å². The Labute approximate surface area is 132 Å². The average molecular weight is 313 g/mol. The third kappa shape index (κ3) is 4.85. The Morgan fingerprint density at radius 2 is 2.14 bits per heavy atom. The maximum absolute atomic E-state index is 8.79. The van der Waals surface area contributed by atoms with Crippen LogP contribution in [0, 0.1) is 0 Å². The Kier molecular flexibility index (Phi) is 6.77.